The van der Waals surface area contributed by atoms with Crippen LogP contribution in [0.15, 0.2) is 18.2 Å². The van der Waals surface area contributed by atoms with Crippen LogP contribution >= 0.6 is 11.3 Å². The highest BCUT2D eigenvalue weighted by molar-refractivity contribution is 7.15. The standard InChI is InChI=1S/C15H21N3S/c1-10(2)7-14-17-18-15(19-14)16-9-13-6-5-11(3)8-12(13)4/h5-6,8,10H,7,9H2,1-4H3,(H,16,18). The second-order valence-corrected chi connectivity index (χ2v) is 6.44. The molecule has 0 aliphatic carbocycles. The van der Waals surface area contributed by atoms with Gasteiger partial charge in [0.05, 0.1) is 0 Å². The SMILES string of the molecule is Cc1ccc(CNc2nnc(CC(C)C)s2)c(C)c1. The minimum atomic E-state index is 0.625. The number of aryl methyl sites for hydroxylation is 2. The normalized spacial score (nSPS) is 11.0. The first-order valence-electron chi connectivity index (χ1n) is 6.67. The Morgan fingerprint density at radius 1 is 1.21 bits per heavy atom. The van der Waals surface area contributed by atoms with Crippen LogP contribution in [0, 0.1) is 19.8 Å². The van der Waals surface area contributed by atoms with E-state index in [0.29, 0.717) is 5.92 Å². The summed E-state index contributed by atoms with van der Waals surface area (Å²) >= 11 is 1.66. The van der Waals surface area contributed by atoms with E-state index in [2.05, 4.69) is 61.4 Å². The summed E-state index contributed by atoms with van der Waals surface area (Å²) in [7, 11) is 0. The van der Waals surface area contributed by atoms with Gasteiger partial charge in [-0.25, -0.2) is 0 Å². The lowest BCUT2D eigenvalue weighted by atomic mass is 10.1. The summed E-state index contributed by atoms with van der Waals surface area (Å²) < 4.78 is 0. The molecule has 19 heavy (non-hydrogen) atoms. The van der Waals surface area contributed by atoms with Crippen molar-refractivity contribution < 1.29 is 0 Å². The molecule has 2 rings (SSSR count). The van der Waals surface area contributed by atoms with Gasteiger partial charge in [0, 0.05) is 13.0 Å². The Hall–Kier alpha value is -1.42. The first kappa shape index (κ1) is 14.0. The molecule has 1 heterocycles. The van der Waals surface area contributed by atoms with Crippen molar-refractivity contribution in [3.8, 4) is 0 Å². The Bertz CT molecular complexity index is 546. The lowest BCUT2D eigenvalue weighted by Crippen LogP contribution is -2.01. The lowest BCUT2D eigenvalue weighted by molar-refractivity contribution is 0.640. The Kier molecular flexibility index (Phi) is 4.53. The van der Waals surface area contributed by atoms with Crippen LogP contribution in [0.1, 0.15) is 35.5 Å². The molecule has 1 N–H and O–H groups in total. The predicted molar refractivity (Wildman–Crippen MR) is 81.7 cm³/mol. The van der Waals surface area contributed by atoms with Crippen LogP contribution in [-0.4, -0.2) is 10.2 Å². The van der Waals surface area contributed by atoms with E-state index in [1.807, 2.05) is 0 Å². The van der Waals surface area contributed by atoms with Crippen LogP contribution in [-0.2, 0) is 13.0 Å². The number of hydrogen-bond acceptors (Lipinski definition) is 4. The molecule has 0 aliphatic heterocycles. The predicted octanol–water partition coefficient (Wildman–Crippen LogP) is 3.97. The Morgan fingerprint density at radius 3 is 2.68 bits per heavy atom. The molecule has 3 nitrogen and oxygen atoms in total. The molecule has 1 aromatic carbocycles. The van der Waals surface area contributed by atoms with Crippen molar-refractivity contribution in [2.24, 2.45) is 5.92 Å². The van der Waals surface area contributed by atoms with Gasteiger partial charge >= 0.3 is 0 Å². The highest BCUT2D eigenvalue weighted by Gasteiger charge is 2.06. The average molecular weight is 275 g/mol. The van der Waals surface area contributed by atoms with Crippen molar-refractivity contribution in [2.45, 2.75) is 40.7 Å². The smallest absolute Gasteiger partial charge is 0.205 e. The molecule has 0 aliphatic rings. The summed E-state index contributed by atoms with van der Waals surface area (Å²) in [4.78, 5) is 0. The summed E-state index contributed by atoms with van der Waals surface area (Å²) in [5.41, 5.74) is 3.93. The van der Waals surface area contributed by atoms with Gasteiger partial charge < -0.3 is 5.32 Å². The van der Waals surface area contributed by atoms with Gasteiger partial charge in [0.1, 0.15) is 5.01 Å². The van der Waals surface area contributed by atoms with Crippen LogP contribution in [0.4, 0.5) is 5.13 Å². The third-order valence-electron chi connectivity index (χ3n) is 2.98. The van der Waals surface area contributed by atoms with Crippen LogP contribution in [0.3, 0.4) is 0 Å². The van der Waals surface area contributed by atoms with Crippen LogP contribution in [0.5, 0.6) is 0 Å². The maximum Gasteiger partial charge on any atom is 0.205 e. The zero-order chi connectivity index (χ0) is 13.8. The fourth-order valence-corrected chi connectivity index (χ4v) is 2.92. The number of benzene rings is 1. The quantitative estimate of drug-likeness (QED) is 0.897. The van der Waals surface area contributed by atoms with Gasteiger partial charge in [0.25, 0.3) is 0 Å². The van der Waals surface area contributed by atoms with E-state index in [4.69, 9.17) is 0 Å². The van der Waals surface area contributed by atoms with E-state index < -0.39 is 0 Å². The molecule has 2 aromatic rings. The highest BCUT2D eigenvalue weighted by atomic mass is 32.1. The highest BCUT2D eigenvalue weighted by Crippen LogP contribution is 2.19. The maximum atomic E-state index is 4.21. The van der Waals surface area contributed by atoms with Gasteiger partial charge in [-0.3, -0.25) is 0 Å². The van der Waals surface area contributed by atoms with E-state index >= 15 is 0 Å². The number of nitrogens with one attached hydrogen (secondary N) is 1. The maximum absolute atomic E-state index is 4.21. The second-order valence-electron chi connectivity index (χ2n) is 5.38. The van der Waals surface area contributed by atoms with Gasteiger partial charge in [0.15, 0.2) is 0 Å². The van der Waals surface area contributed by atoms with Crippen LogP contribution in [0.2, 0.25) is 0 Å². The van der Waals surface area contributed by atoms with Gasteiger partial charge in [-0.2, -0.15) is 0 Å². The Labute approximate surface area is 119 Å². The van der Waals surface area contributed by atoms with Crippen molar-refractivity contribution in [2.75, 3.05) is 5.32 Å². The van der Waals surface area contributed by atoms with E-state index in [1.54, 1.807) is 11.3 Å². The van der Waals surface area contributed by atoms with Crippen molar-refractivity contribution in [1.82, 2.24) is 10.2 Å². The second kappa shape index (κ2) is 6.15. The molecule has 1 aromatic heterocycles. The summed E-state index contributed by atoms with van der Waals surface area (Å²) in [6.45, 7) is 9.47. The number of hydrogen-bond donors (Lipinski definition) is 1. The van der Waals surface area contributed by atoms with Crippen molar-refractivity contribution in [3.05, 3.63) is 39.9 Å². The molecular formula is C15H21N3S. The van der Waals surface area contributed by atoms with E-state index in [0.717, 1.165) is 23.1 Å². The molecule has 102 valence electrons. The van der Waals surface area contributed by atoms with E-state index in [1.165, 1.54) is 16.7 Å². The van der Waals surface area contributed by atoms with E-state index in [-0.39, 0.29) is 0 Å². The summed E-state index contributed by atoms with van der Waals surface area (Å²) in [6.07, 6.45) is 1.00. The average Bonchev–Trinajstić information content (AvgIpc) is 2.74. The van der Waals surface area contributed by atoms with Crippen LogP contribution in [0.25, 0.3) is 0 Å². The molecule has 0 saturated carbocycles. The number of nitrogens with zero attached hydrogens (tertiary/aromatic N) is 2. The summed E-state index contributed by atoms with van der Waals surface area (Å²) in [5.74, 6) is 0.625. The van der Waals surface area contributed by atoms with Crippen molar-refractivity contribution in [3.63, 3.8) is 0 Å². The first-order chi connectivity index (χ1) is 9.04. The Morgan fingerprint density at radius 2 is 2.00 bits per heavy atom. The van der Waals surface area contributed by atoms with Gasteiger partial charge in [0.2, 0.25) is 5.13 Å². The number of aromatic nitrogens is 2. The molecular weight excluding hydrogens is 254 g/mol. The molecule has 0 atom stereocenters. The Balaban J connectivity index is 1.96. The molecule has 0 radical (unpaired) electrons. The molecule has 4 heteroatoms. The molecule has 0 spiro atoms. The number of anilines is 1. The summed E-state index contributed by atoms with van der Waals surface area (Å²) in [6, 6.07) is 6.53. The monoisotopic (exact) mass is 275 g/mol. The summed E-state index contributed by atoms with van der Waals surface area (Å²) in [5, 5.41) is 13.8. The molecule has 0 unspecified atom stereocenters. The lowest BCUT2D eigenvalue weighted by Gasteiger charge is -2.07. The largest absolute Gasteiger partial charge is 0.356 e. The molecule has 0 amide bonds. The minimum Gasteiger partial charge on any atom is -0.356 e. The van der Waals surface area contributed by atoms with Gasteiger partial charge in [-0.1, -0.05) is 48.9 Å². The van der Waals surface area contributed by atoms with Crippen LogP contribution < -0.4 is 5.32 Å². The first-order valence-corrected chi connectivity index (χ1v) is 7.48. The van der Waals surface area contributed by atoms with Crippen molar-refractivity contribution >= 4 is 16.5 Å². The fraction of sp³-hybridized carbons (Fsp3) is 0.467. The minimum absolute atomic E-state index is 0.625. The van der Waals surface area contributed by atoms with Gasteiger partial charge in [-0.15, -0.1) is 10.2 Å². The van der Waals surface area contributed by atoms with E-state index in [9.17, 15) is 0 Å². The topological polar surface area (TPSA) is 37.8 Å². The zero-order valence-corrected chi connectivity index (χ0v) is 12.8. The zero-order valence-electron chi connectivity index (χ0n) is 12.0. The third kappa shape index (κ3) is 4.03. The van der Waals surface area contributed by atoms with Crippen molar-refractivity contribution in [1.29, 1.82) is 0 Å². The molecule has 0 fully saturated rings. The van der Waals surface area contributed by atoms with Gasteiger partial charge in [-0.05, 0) is 30.9 Å². The third-order valence-corrected chi connectivity index (χ3v) is 3.88. The molecule has 0 saturated heterocycles. The number of rotatable bonds is 5. The fourth-order valence-electron chi connectivity index (χ4n) is 1.97. The molecule has 0 bridgehead atoms.